The Labute approximate surface area is 194 Å². The number of rotatable bonds is 4. The Morgan fingerprint density at radius 2 is 1.70 bits per heavy atom. The van der Waals surface area contributed by atoms with E-state index in [2.05, 4.69) is 0 Å². The molecule has 0 N–H and O–H groups in total. The van der Waals surface area contributed by atoms with Crippen LogP contribution in [-0.4, -0.2) is 31.6 Å². The molecule has 33 heavy (non-hydrogen) atoms. The first-order valence-corrected chi connectivity index (χ1v) is 10.6. The second kappa shape index (κ2) is 8.98. The number of carbonyl (C=O) groups is 1. The van der Waals surface area contributed by atoms with Crippen molar-refractivity contribution < 1.29 is 27.4 Å². The van der Waals surface area contributed by atoms with Crippen LogP contribution in [0.3, 0.4) is 0 Å². The van der Waals surface area contributed by atoms with Gasteiger partial charge >= 0.3 is 6.18 Å². The summed E-state index contributed by atoms with van der Waals surface area (Å²) in [6.45, 7) is 0.227. The number of methoxy groups -OCH3 is 2. The van der Waals surface area contributed by atoms with Gasteiger partial charge in [-0.3, -0.25) is 4.79 Å². The molecule has 4 rings (SSSR count). The third-order valence-corrected chi connectivity index (χ3v) is 6.00. The van der Waals surface area contributed by atoms with Crippen LogP contribution in [0.25, 0.3) is 0 Å². The molecule has 1 amide bonds. The molecule has 4 nitrogen and oxygen atoms in total. The van der Waals surface area contributed by atoms with Gasteiger partial charge in [-0.1, -0.05) is 35.9 Å². The summed E-state index contributed by atoms with van der Waals surface area (Å²) in [7, 11) is 3.04. The monoisotopic (exact) mass is 475 g/mol. The Bertz CT molecular complexity index is 1200. The van der Waals surface area contributed by atoms with Crippen molar-refractivity contribution in [2.45, 2.75) is 18.6 Å². The predicted octanol–water partition coefficient (Wildman–Crippen LogP) is 6.16. The number of benzene rings is 3. The lowest BCUT2D eigenvalue weighted by Crippen LogP contribution is -2.41. The number of carbonyl (C=O) groups excluding carboxylic acids is 1. The molecule has 0 saturated carbocycles. The Morgan fingerprint density at radius 3 is 2.36 bits per heavy atom. The van der Waals surface area contributed by atoms with Gasteiger partial charge in [-0.2, -0.15) is 13.2 Å². The second-order valence-electron chi connectivity index (χ2n) is 7.66. The lowest BCUT2D eigenvalue weighted by Gasteiger charge is -2.38. The van der Waals surface area contributed by atoms with Gasteiger partial charge in [0, 0.05) is 11.6 Å². The Morgan fingerprint density at radius 1 is 1.00 bits per heavy atom. The predicted molar refractivity (Wildman–Crippen MR) is 119 cm³/mol. The molecule has 0 bridgehead atoms. The van der Waals surface area contributed by atoms with Crippen molar-refractivity contribution >= 4 is 17.5 Å². The van der Waals surface area contributed by atoms with Gasteiger partial charge in [-0.05, 0) is 59.5 Å². The second-order valence-corrected chi connectivity index (χ2v) is 8.09. The Balaban J connectivity index is 1.88. The summed E-state index contributed by atoms with van der Waals surface area (Å²) in [6.07, 6.45) is -4.20. The van der Waals surface area contributed by atoms with E-state index in [0.29, 0.717) is 28.5 Å². The van der Waals surface area contributed by atoms with Crippen LogP contribution in [0.1, 0.15) is 38.7 Å². The fourth-order valence-electron chi connectivity index (χ4n) is 4.27. The maximum atomic E-state index is 13.7. The van der Waals surface area contributed by atoms with Gasteiger partial charge in [0.25, 0.3) is 5.91 Å². The minimum Gasteiger partial charge on any atom is -0.493 e. The summed E-state index contributed by atoms with van der Waals surface area (Å²) in [5.41, 5.74) is 1.01. The van der Waals surface area contributed by atoms with Gasteiger partial charge in [0.15, 0.2) is 11.5 Å². The van der Waals surface area contributed by atoms with Crippen molar-refractivity contribution in [3.05, 3.63) is 93.5 Å². The first kappa shape index (κ1) is 23.0. The minimum absolute atomic E-state index is 0.227. The van der Waals surface area contributed by atoms with Gasteiger partial charge < -0.3 is 14.4 Å². The fourth-order valence-corrected chi connectivity index (χ4v) is 4.47. The van der Waals surface area contributed by atoms with Crippen molar-refractivity contribution in [1.29, 1.82) is 0 Å². The van der Waals surface area contributed by atoms with Crippen LogP contribution in [0.5, 0.6) is 11.5 Å². The summed E-state index contributed by atoms with van der Waals surface area (Å²) in [5.74, 6) is 0.310. The minimum atomic E-state index is -4.65. The lowest BCUT2D eigenvalue weighted by molar-refractivity contribution is -0.138. The average Bonchev–Trinajstić information content (AvgIpc) is 2.81. The third-order valence-electron chi connectivity index (χ3n) is 5.76. The molecule has 0 saturated heterocycles. The van der Waals surface area contributed by atoms with Crippen LogP contribution < -0.4 is 9.47 Å². The highest BCUT2D eigenvalue weighted by Gasteiger charge is 2.39. The number of hydrogen-bond acceptors (Lipinski definition) is 3. The molecule has 0 aliphatic carbocycles. The molecular weight excluding hydrogens is 455 g/mol. The van der Waals surface area contributed by atoms with Crippen LogP contribution in [0.2, 0.25) is 5.02 Å². The number of fused-ring (bicyclic) bond motifs is 1. The van der Waals surface area contributed by atoms with E-state index in [0.717, 1.165) is 17.2 Å². The average molecular weight is 476 g/mol. The molecule has 1 heterocycles. The van der Waals surface area contributed by atoms with E-state index < -0.39 is 23.7 Å². The zero-order chi connectivity index (χ0) is 23.8. The van der Waals surface area contributed by atoms with Gasteiger partial charge in [0.1, 0.15) is 0 Å². The van der Waals surface area contributed by atoms with E-state index in [1.54, 1.807) is 30.3 Å². The molecule has 1 unspecified atom stereocenters. The first-order valence-electron chi connectivity index (χ1n) is 10.2. The molecular formula is C25H21ClF3NO3. The molecule has 3 aromatic rings. The Kier molecular flexibility index (Phi) is 6.26. The molecule has 1 atom stereocenters. The third kappa shape index (κ3) is 4.37. The van der Waals surface area contributed by atoms with Crippen molar-refractivity contribution in [2.24, 2.45) is 0 Å². The molecule has 172 valence electrons. The van der Waals surface area contributed by atoms with Crippen LogP contribution >= 0.6 is 11.6 Å². The quantitative estimate of drug-likeness (QED) is 0.453. The maximum Gasteiger partial charge on any atom is 0.417 e. The van der Waals surface area contributed by atoms with Gasteiger partial charge in [-0.25, -0.2) is 0 Å². The van der Waals surface area contributed by atoms with Crippen molar-refractivity contribution in [1.82, 2.24) is 4.90 Å². The molecule has 1 aliphatic rings. The van der Waals surface area contributed by atoms with Gasteiger partial charge in [0.2, 0.25) is 0 Å². The zero-order valence-corrected chi connectivity index (χ0v) is 18.7. The highest BCUT2D eigenvalue weighted by molar-refractivity contribution is 6.30. The first-order chi connectivity index (χ1) is 15.7. The van der Waals surface area contributed by atoms with E-state index in [-0.39, 0.29) is 12.1 Å². The summed E-state index contributed by atoms with van der Waals surface area (Å²) in [6, 6.07) is 14.8. The van der Waals surface area contributed by atoms with E-state index >= 15 is 0 Å². The van der Waals surface area contributed by atoms with Crippen molar-refractivity contribution in [3.8, 4) is 11.5 Å². The molecule has 0 spiro atoms. The van der Waals surface area contributed by atoms with E-state index in [4.69, 9.17) is 21.1 Å². The SMILES string of the molecule is COc1cc2c(cc1OC)C(c1cccc(Cl)c1)N(C(=O)c1ccccc1C(F)(F)F)CC2. The summed E-state index contributed by atoms with van der Waals surface area (Å²) < 4.78 is 51.8. The van der Waals surface area contributed by atoms with Crippen molar-refractivity contribution in [3.63, 3.8) is 0 Å². The molecule has 0 fully saturated rings. The van der Waals surface area contributed by atoms with Crippen LogP contribution in [0.4, 0.5) is 13.2 Å². The highest BCUT2D eigenvalue weighted by atomic mass is 35.5. The van der Waals surface area contributed by atoms with Crippen LogP contribution in [-0.2, 0) is 12.6 Å². The number of halogens is 4. The van der Waals surface area contributed by atoms with Gasteiger partial charge in [0.05, 0.1) is 31.4 Å². The standard InChI is InChI=1S/C25H21ClF3NO3/c1-32-21-13-15-10-11-30(24(31)18-8-3-4-9-20(18)25(27,28)29)23(19(15)14-22(21)33-2)16-6-5-7-17(26)12-16/h3-9,12-14,23H,10-11H2,1-2H3. The number of ether oxygens (including phenoxy) is 2. The van der Waals surface area contributed by atoms with Crippen LogP contribution in [0.15, 0.2) is 60.7 Å². The maximum absolute atomic E-state index is 13.7. The highest BCUT2D eigenvalue weighted by Crippen LogP contribution is 2.42. The van der Waals surface area contributed by atoms with E-state index in [1.807, 2.05) is 6.07 Å². The molecule has 0 radical (unpaired) electrons. The van der Waals surface area contributed by atoms with E-state index in [1.165, 1.54) is 37.3 Å². The lowest BCUT2D eigenvalue weighted by atomic mass is 9.87. The zero-order valence-electron chi connectivity index (χ0n) is 17.9. The smallest absolute Gasteiger partial charge is 0.417 e. The normalized spacial score (nSPS) is 15.7. The summed E-state index contributed by atoms with van der Waals surface area (Å²) >= 11 is 6.23. The number of amides is 1. The summed E-state index contributed by atoms with van der Waals surface area (Å²) in [4.78, 5) is 15.0. The molecule has 8 heteroatoms. The van der Waals surface area contributed by atoms with E-state index in [9.17, 15) is 18.0 Å². The number of nitrogens with zero attached hydrogens (tertiary/aromatic N) is 1. The molecule has 0 aromatic heterocycles. The van der Waals surface area contributed by atoms with Crippen molar-refractivity contribution in [2.75, 3.05) is 20.8 Å². The van der Waals surface area contributed by atoms with Gasteiger partial charge in [-0.15, -0.1) is 0 Å². The number of alkyl halides is 3. The Hall–Kier alpha value is -3.19. The largest absolute Gasteiger partial charge is 0.493 e. The molecule has 3 aromatic carbocycles. The topological polar surface area (TPSA) is 38.8 Å². The summed E-state index contributed by atoms with van der Waals surface area (Å²) in [5, 5.41) is 0.461. The molecule has 1 aliphatic heterocycles. The number of hydrogen-bond donors (Lipinski definition) is 0. The van der Waals surface area contributed by atoms with Crippen LogP contribution in [0, 0.1) is 0 Å². The fraction of sp³-hybridized carbons (Fsp3) is 0.240.